The molecule has 0 aliphatic heterocycles. The van der Waals surface area contributed by atoms with Crippen molar-refractivity contribution in [3.8, 4) is 0 Å². The molecule has 0 saturated heterocycles. The maximum absolute atomic E-state index is 11.7. The van der Waals surface area contributed by atoms with E-state index in [0.717, 1.165) is 11.3 Å². The summed E-state index contributed by atoms with van der Waals surface area (Å²) in [7, 11) is 1.57. The molecule has 96 valence electrons. The summed E-state index contributed by atoms with van der Waals surface area (Å²) in [5.74, 6) is -0.366. The number of rotatable bonds is 5. The number of nitrogens with zero attached hydrogens (tertiary/aromatic N) is 2. The number of imidazole rings is 1. The van der Waals surface area contributed by atoms with Crippen molar-refractivity contribution >= 4 is 11.6 Å². The van der Waals surface area contributed by atoms with Gasteiger partial charge in [0.15, 0.2) is 0 Å². The predicted molar refractivity (Wildman–Crippen MR) is 65.2 cm³/mol. The van der Waals surface area contributed by atoms with Crippen LogP contribution in [-0.2, 0) is 9.57 Å². The first kappa shape index (κ1) is 12.5. The third kappa shape index (κ3) is 2.66. The van der Waals surface area contributed by atoms with E-state index in [4.69, 9.17) is 9.57 Å². The second kappa shape index (κ2) is 5.61. The molecule has 2 heterocycles. The molecule has 0 radical (unpaired) electrons. The highest BCUT2D eigenvalue weighted by molar-refractivity contribution is 5.92. The van der Waals surface area contributed by atoms with Crippen molar-refractivity contribution in [3.63, 3.8) is 0 Å². The number of methoxy groups -OCH3 is 1. The maximum atomic E-state index is 11.7. The summed E-state index contributed by atoms with van der Waals surface area (Å²) < 4.78 is 6.65. The van der Waals surface area contributed by atoms with Crippen molar-refractivity contribution in [1.29, 1.82) is 0 Å². The molecule has 2 aromatic heterocycles. The van der Waals surface area contributed by atoms with Gasteiger partial charge in [0.25, 0.3) is 5.91 Å². The predicted octanol–water partition coefficient (Wildman–Crippen LogP) is 0.951. The molecular weight excluding hydrogens is 234 g/mol. The smallest absolute Gasteiger partial charge is 0.295 e. The molecule has 0 fully saturated rings. The first-order chi connectivity index (χ1) is 8.72. The average molecular weight is 249 g/mol. The number of carbonyl (C=O) groups excluding carboxylic acids is 1. The van der Waals surface area contributed by atoms with Crippen molar-refractivity contribution in [2.75, 3.05) is 20.3 Å². The number of nitrogens with one attached hydrogen (secondary N) is 1. The number of aromatic nitrogens is 2. The Hall–Kier alpha value is -1.92. The van der Waals surface area contributed by atoms with Crippen LogP contribution in [0.1, 0.15) is 16.2 Å². The molecular formula is C12H15N3O3. The van der Waals surface area contributed by atoms with Gasteiger partial charge in [0.05, 0.1) is 13.2 Å². The van der Waals surface area contributed by atoms with Crippen molar-refractivity contribution < 1.29 is 14.4 Å². The number of aryl methyl sites for hydroxylation is 1. The first-order valence-electron chi connectivity index (χ1n) is 5.58. The minimum atomic E-state index is -0.366. The molecule has 6 nitrogen and oxygen atoms in total. The number of hydrogen-bond acceptors (Lipinski definition) is 4. The minimum Gasteiger partial charge on any atom is -0.382 e. The van der Waals surface area contributed by atoms with Crippen LogP contribution >= 0.6 is 0 Å². The monoisotopic (exact) mass is 249 g/mol. The van der Waals surface area contributed by atoms with E-state index in [9.17, 15) is 4.79 Å². The Morgan fingerprint density at radius 2 is 2.28 bits per heavy atom. The maximum Gasteiger partial charge on any atom is 0.295 e. The van der Waals surface area contributed by atoms with Gasteiger partial charge in [0, 0.05) is 19.0 Å². The lowest BCUT2D eigenvalue weighted by Crippen LogP contribution is -2.25. The standard InChI is InChI=1S/C12H15N3O3/c1-9-4-3-5-11-13-10(8-15(9)11)12(16)14-18-7-6-17-2/h3-5,8H,6-7H2,1-2H3,(H,14,16). The molecule has 0 saturated carbocycles. The van der Waals surface area contributed by atoms with Crippen LogP contribution in [0.5, 0.6) is 0 Å². The average Bonchev–Trinajstić information content (AvgIpc) is 2.80. The highest BCUT2D eigenvalue weighted by atomic mass is 16.7. The zero-order valence-electron chi connectivity index (χ0n) is 10.3. The summed E-state index contributed by atoms with van der Waals surface area (Å²) in [5, 5.41) is 0. The summed E-state index contributed by atoms with van der Waals surface area (Å²) in [6.07, 6.45) is 1.68. The van der Waals surface area contributed by atoms with Crippen LogP contribution in [0, 0.1) is 6.92 Å². The molecule has 2 aromatic rings. The summed E-state index contributed by atoms with van der Waals surface area (Å²) in [5.41, 5.74) is 4.39. The Morgan fingerprint density at radius 3 is 3.00 bits per heavy atom. The zero-order chi connectivity index (χ0) is 13.0. The fraction of sp³-hybridized carbons (Fsp3) is 0.333. The molecule has 0 unspecified atom stereocenters. The highest BCUT2D eigenvalue weighted by Gasteiger charge is 2.11. The zero-order valence-corrected chi connectivity index (χ0v) is 10.3. The minimum absolute atomic E-state index is 0.300. The number of pyridine rings is 1. The van der Waals surface area contributed by atoms with E-state index in [0.29, 0.717) is 18.9 Å². The largest absolute Gasteiger partial charge is 0.382 e. The second-order valence-electron chi connectivity index (χ2n) is 3.79. The van der Waals surface area contributed by atoms with Gasteiger partial charge < -0.3 is 9.14 Å². The van der Waals surface area contributed by atoms with E-state index in [-0.39, 0.29) is 5.91 Å². The number of ether oxygens (including phenoxy) is 1. The lowest BCUT2D eigenvalue weighted by molar-refractivity contribution is 0.00861. The van der Waals surface area contributed by atoms with Crippen LogP contribution in [-0.4, -0.2) is 35.6 Å². The molecule has 0 aliphatic carbocycles. The summed E-state index contributed by atoms with van der Waals surface area (Å²) in [6, 6.07) is 5.69. The topological polar surface area (TPSA) is 64.9 Å². The van der Waals surface area contributed by atoms with Crippen molar-refractivity contribution in [2.24, 2.45) is 0 Å². The van der Waals surface area contributed by atoms with Crippen LogP contribution in [0.2, 0.25) is 0 Å². The summed E-state index contributed by atoms with van der Waals surface area (Å²) in [4.78, 5) is 20.9. The molecule has 0 aromatic carbocycles. The Bertz CT molecular complexity index is 550. The molecule has 0 bridgehead atoms. The van der Waals surface area contributed by atoms with Gasteiger partial charge in [-0.15, -0.1) is 0 Å². The molecule has 0 atom stereocenters. The first-order valence-corrected chi connectivity index (χ1v) is 5.58. The summed E-state index contributed by atoms with van der Waals surface area (Å²) >= 11 is 0. The van der Waals surface area contributed by atoms with E-state index >= 15 is 0 Å². The van der Waals surface area contributed by atoms with Gasteiger partial charge in [0.2, 0.25) is 0 Å². The van der Waals surface area contributed by atoms with Gasteiger partial charge >= 0.3 is 0 Å². The van der Waals surface area contributed by atoms with Crippen LogP contribution in [0.3, 0.4) is 0 Å². The lowest BCUT2D eigenvalue weighted by atomic mass is 10.4. The van der Waals surface area contributed by atoms with E-state index in [1.165, 1.54) is 0 Å². The molecule has 0 aliphatic rings. The van der Waals surface area contributed by atoms with Crippen LogP contribution in [0.25, 0.3) is 5.65 Å². The quantitative estimate of drug-likeness (QED) is 0.633. The van der Waals surface area contributed by atoms with Gasteiger partial charge in [-0.05, 0) is 19.1 Å². The van der Waals surface area contributed by atoms with Crippen LogP contribution < -0.4 is 5.48 Å². The van der Waals surface area contributed by atoms with E-state index in [2.05, 4.69) is 10.5 Å². The SMILES string of the molecule is COCCONC(=O)c1cn2c(C)cccc2n1. The third-order valence-electron chi connectivity index (χ3n) is 2.48. The molecule has 6 heteroatoms. The molecule has 18 heavy (non-hydrogen) atoms. The summed E-state index contributed by atoms with van der Waals surface area (Å²) in [6.45, 7) is 2.67. The normalized spacial score (nSPS) is 10.8. The van der Waals surface area contributed by atoms with Gasteiger partial charge in [-0.3, -0.25) is 9.63 Å². The van der Waals surface area contributed by atoms with Gasteiger partial charge in [0.1, 0.15) is 11.3 Å². The molecule has 1 amide bonds. The van der Waals surface area contributed by atoms with Gasteiger partial charge in [-0.1, -0.05) is 6.07 Å². The Kier molecular flexibility index (Phi) is 3.91. The highest BCUT2D eigenvalue weighted by Crippen LogP contribution is 2.08. The Morgan fingerprint density at radius 1 is 1.44 bits per heavy atom. The number of hydroxylamine groups is 1. The number of fused-ring (bicyclic) bond motifs is 1. The van der Waals surface area contributed by atoms with Crippen LogP contribution in [0.4, 0.5) is 0 Å². The third-order valence-corrected chi connectivity index (χ3v) is 2.48. The number of hydrogen-bond donors (Lipinski definition) is 1. The fourth-order valence-electron chi connectivity index (χ4n) is 1.55. The molecule has 1 N–H and O–H groups in total. The number of amides is 1. The van der Waals surface area contributed by atoms with Gasteiger partial charge in [-0.25, -0.2) is 10.5 Å². The van der Waals surface area contributed by atoms with Crippen molar-refractivity contribution in [1.82, 2.24) is 14.9 Å². The van der Waals surface area contributed by atoms with E-state index in [1.54, 1.807) is 13.3 Å². The van der Waals surface area contributed by atoms with E-state index < -0.39 is 0 Å². The second-order valence-corrected chi connectivity index (χ2v) is 3.79. The van der Waals surface area contributed by atoms with Crippen molar-refractivity contribution in [2.45, 2.75) is 6.92 Å². The van der Waals surface area contributed by atoms with Crippen molar-refractivity contribution in [3.05, 3.63) is 35.8 Å². The lowest BCUT2D eigenvalue weighted by Gasteiger charge is -2.02. The van der Waals surface area contributed by atoms with Gasteiger partial charge in [-0.2, -0.15) is 0 Å². The fourth-order valence-corrected chi connectivity index (χ4v) is 1.55. The Labute approximate surface area is 104 Å². The molecule has 2 rings (SSSR count). The van der Waals surface area contributed by atoms with E-state index in [1.807, 2.05) is 29.5 Å². The molecule has 0 spiro atoms. The number of carbonyl (C=O) groups is 1. The Balaban J connectivity index is 2.06. The van der Waals surface area contributed by atoms with Crippen LogP contribution in [0.15, 0.2) is 24.4 Å².